The van der Waals surface area contributed by atoms with Crippen LogP contribution in [0.25, 0.3) is 0 Å². The zero-order chi connectivity index (χ0) is 13.8. The van der Waals surface area contributed by atoms with Crippen molar-refractivity contribution in [1.29, 1.82) is 0 Å². The van der Waals surface area contributed by atoms with E-state index < -0.39 is 11.0 Å². The van der Waals surface area contributed by atoms with Crippen LogP contribution in [0.2, 0.25) is 0 Å². The lowest BCUT2D eigenvalue weighted by molar-refractivity contribution is -0.384. The second-order valence-corrected chi connectivity index (χ2v) is 4.35. The summed E-state index contributed by atoms with van der Waals surface area (Å²) in [6.07, 6.45) is 0.195. The van der Waals surface area contributed by atoms with Gasteiger partial charge in [0.1, 0.15) is 6.10 Å². The van der Waals surface area contributed by atoms with Crippen molar-refractivity contribution in [3.8, 4) is 0 Å². The van der Waals surface area contributed by atoms with Crippen LogP contribution in [-0.4, -0.2) is 10.0 Å². The van der Waals surface area contributed by atoms with Crippen LogP contribution in [0, 0.1) is 10.1 Å². The topological polar surface area (TPSA) is 63.4 Å². The quantitative estimate of drug-likeness (QED) is 0.675. The van der Waals surface area contributed by atoms with Gasteiger partial charge in [-0.05, 0) is 35.2 Å². The second-order valence-electron chi connectivity index (χ2n) is 4.35. The highest BCUT2D eigenvalue weighted by Gasteiger charge is 2.12. The standard InChI is InChI=1S/C15H15NO3/c1-2-11-3-5-12(6-4-11)15(17)13-7-9-14(10-8-13)16(18)19/h3-10,15,17H,2H2,1H3/t15-/m1/s1. The molecule has 4 nitrogen and oxygen atoms in total. The first-order valence-electron chi connectivity index (χ1n) is 6.13. The smallest absolute Gasteiger partial charge is 0.269 e. The molecule has 0 aliphatic rings. The van der Waals surface area contributed by atoms with Gasteiger partial charge in [-0.1, -0.05) is 31.2 Å². The Morgan fingerprint density at radius 1 is 1.05 bits per heavy atom. The third kappa shape index (κ3) is 2.98. The number of nitrogens with zero attached hydrogens (tertiary/aromatic N) is 1. The van der Waals surface area contributed by atoms with E-state index in [0.717, 1.165) is 12.0 Å². The molecule has 0 aliphatic carbocycles. The van der Waals surface area contributed by atoms with Crippen LogP contribution in [0.15, 0.2) is 48.5 Å². The van der Waals surface area contributed by atoms with Gasteiger partial charge in [-0.25, -0.2) is 0 Å². The van der Waals surface area contributed by atoms with Crippen molar-refractivity contribution >= 4 is 5.69 Å². The summed E-state index contributed by atoms with van der Waals surface area (Å²) in [5.74, 6) is 0. The molecule has 0 saturated carbocycles. The SMILES string of the molecule is CCc1ccc([C@@H](O)c2ccc([N+](=O)[O-])cc2)cc1. The summed E-state index contributed by atoms with van der Waals surface area (Å²) in [7, 11) is 0. The molecule has 0 aromatic heterocycles. The largest absolute Gasteiger partial charge is 0.384 e. The van der Waals surface area contributed by atoms with Crippen molar-refractivity contribution in [3.05, 3.63) is 75.3 Å². The molecule has 0 heterocycles. The van der Waals surface area contributed by atoms with Crippen molar-refractivity contribution in [2.24, 2.45) is 0 Å². The number of aliphatic hydroxyl groups excluding tert-OH is 1. The number of hydrogen-bond acceptors (Lipinski definition) is 3. The number of nitro groups is 1. The van der Waals surface area contributed by atoms with Crippen LogP contribution in [-0.2, 0) is 6.42 Å². The first-order valence-corrected chi connectivity index (χ1v) is 6.13. The molecule has 98 valence electrons. The third-order valence-corrected chi connectivity index (χ3v) is 3.12. The zero-order valence-electron chi connectivity index (χ0n) is 10.6. The van der Waals surface area contributed by atoms with Gasteiger partial charge >= 0.3 is 0 Å². The summed E-state index contributed by atoms with van der Waals surface area (Å²) < 4.78 is 0. The predicted octanol–water partition coefficient (Wildman–Crippen LogP) is 3.24. The Balaban J connectivity index is 2.22. The highest BCUT2D eigenvalue weighted by atomic mass is 16.6. The summed E-state index contributed by atoms with van der Waals surface area (Å²) in [6.45, 7) is 2.07. The Kier molecular flexibility index (Phi) is 3.92. The Morgan fingerprint density at radius 2 is 1.53 bits per heavy atom. The minimum absolute atomic E-state index is 0.0253. The molecular weight excluding hydrogens is 242 g/mol. The lowest BCUT2D eigenvalue weighted by atomic mass is 10.00. The Labute approximate surface area is 111 Å². The van der Waals surface area contributed by atoms with Gasteiger partial charge in [0.05, 0.1) is 4.92 Å². The summed E-state index contributed by atoms with van der Waals surface area (Å²) in [5, 5.41) is 20.8. The van der Waals surface area contributed by atoms with Crippen molar-refractivity contribution in [1.82, 2.24) is 0 Å². The second kappa shape index (κ2) is 5.63. The molecule has 4 heteroatoms. The average molecular weight is 257 g/mol. The van der Waals surface area contributed by atoms with Gasteiger partial charge in [-0.3, -0.25) is 10.1 Å². The number of nitro benzene ring substituents is 1. The van der Waals surface area contributed by atoms with Crippen LogP contribution < -0.4 is 0 Å². The molecule has 1 atom stereocenters. The maximum atomic E-state index is 10.6. The number of rotatable bonds is 4. The molecule has 19 heavy (non-hydrogen) atoms. The summed E-state index contributed by atoms with van der Waals surface area (Å²) in [4.78, 5) is 10.1. The molecule has 0 radical (unpaired) electrons. The van der Waals surface area contributed by atoms with E-state index in [1.54, 1.807) is 12.1 Å². The van der Waals surface area contributed by atoms with Crippen molar-refractivity contribution < 1.29 is 10.0 Å². The molecule has 0 spiro atoms. The number of aryl methyl sites for hydroxylation is 1. The van der Waals surface area contributed by atoms with E-state index in [2.05, 4.69) is 6.92 Å². The van der Waals surface area contributed by atoms with Gasteiger partial charge < -0.3 is 5.11 Å². The number of aliphatic hydroxyl groups is 1. The first kappa shape index (κ1) is 13.2. The molecule has 0 fully saturated rings. The minimum Gasteiger partial charge on any atom is -0.384 e. The zero-order valence-corrected chi connectivity index (χ0v) is 10.6. The van der Waals surface area contributed by atoms with Crippen molar-refractivity contribution in [3.63, 3.8) is 0 Å². The van der Waals surface area contributed by atoms with Crippen molar-refractivity contribution in [2.75, 3.05) is 0 Å². The molecule has 0 unspecified atom stereocenters. The Bertz CT molecular complexity index is 561. The third-order valence-electron chi connectivity index (χ3n) is 3.12. The lowest BCUT2D eigenvalue weighted by Crippen LogP contribution is -2.00. The summed E-state index contributed by atoms with van der Waals surface area (Å²) in [6, 6.07) is 13.7. The van der Waals surface area contributed by atoms with Gasteiger partial charge in [0.25, 0.3) is 5.69 Å². The maximum absolute atomic E-state index is 10.6. The fourth-order valence-electron chi connectivity index (χ4n) is 1.91. The van der Waals surface area contributed by atoms with Crippen LogP contribution in [0.3, 0.4) is 0 Å². The molecule has 0 bridgehead atoms. The van der Waals surface area contributed by atoms with Gasteiger partial charge in [0, 0.05) is 12.1 Å². The first-order chi connectivity index (χ1) is 9.11. The van der Waals surface area contributed by atoms with Gasteiger partial charge in [0.2, 0.25) is 0 Å². The molecule has 0 saturated heterocycles. The number of non-ortho nitro benzene ring substituents is 1. The maximum Gasteiger partial charge on any atom is 0.269 e. The van der Waals surface area contributed by atoms with E-state index >= 15 is 0 Å². The fourth-order valence-corrected chi connectivity index (χ4v) is 1.91. The van der Waals surface area contributed by atoms with E-state index in [1.165, 1.54) is 17.7 Å². The minimum atomic E-state index is -0.758. The highest BCUT2D eigenvalue weighted by molar-refractivity contribution is 5.37. The molecule has 0 aliphatic heterocycles. The normalized spacial score (nSPS) is 12.1. The molecule has 1 N–H and O–H groups in total. The molecule has 2 aromatic rings. The van der Waals surface area contributed by atoms with E-state index in [9.17, 15) is 15.2 Å². The monoisotopic (exact) mass is 257 g/mol. The Morgan fingerprint density at radius 3 is 1.95 bits per heavy atom. The Hall–Kier alpha value is -2.20. The van der Waals surface area contributed by atoms with Crippen LogP contribution in [0.4, 0.5) is 5.69 Å². The molecule has 2 rings (SSSR count). The highest BCUT2D eigenvalue weighted by Crippen LogP contribution is 2.24. The fraction of sp³-hybridized carbons (Fsp3) is 0.200. The van der Waals surface area contributed by atoms with Gasteiger partial charge in [0.15, 0.2) is 0 Å². The van der Waals surface area contributed by atoms with Crippen LogP contribution in [0.1, 0.15) is 29.7 Å². The number of hydrogen-bond donors (Lipinski definition) is 1. The van der Waals surface area contributed by atoms with Crippen molar-refractivity contribution in [2.45, 2.75) is 19.4 Å². The molecule has 2 aromatic carbocycles. The van der Waals surface area contributed by atoms with Gasteiger partial charge in [-0.15, -0.1) is 0 Å². The van der Waals surface area contributed by atoms with Crippen LogP contribution >= 0.6 is 0 Å². The lowest BCUT2D eigenvalue weighted by Gasteiger charge is -2.11. The van der Waals surface area contributed by atoms with E-state index in [0.29, 0.717) is 5.56 Å². The average Bonchev–Trinajstić information content (AvgIpc) is 2.46. The predicted molar refractivity (Wildman–Crippen MR) is 73.0 cm³/mol. The van der Waals surface area contributed by atoms with E-state index in [-0.39, 0.29) is 5.69 Å². The van der Waals surface area contributed by atoms with E-state index in [4.69, 9.17) is 0 Å². The van der Waals surface area contributed by atoms with E-state index in [1.807, 2.05) is 24.3 Å². The molecule has 0 amide bonds. The number of benzene rings is 2. The van der Waals surface area contributed by atoms with Gasteiger partial charge in [-0.2, -0.15) is 0 Å². The van der Waals surface area contributed by atoms with Crippen LogP contribution in [0.5, 0.6) is 0 Å². The summed E-state index contributed by atoms with van der Waals surface area (Å²) >= 11 is 0. The molecular formula is C15H15NO3. The summed E-state index contributed by atoms with van der Waals surface area (Å²) in [5.41, 5.74) is 2.66.